The van der Waals surface area contributed by atoms with Crippen molar-refractivity contribution in [3.63, 3.8) is 0 Å². The summed E-state index contributed by atoms with van der Waals surface area (Å²) in [7, 11) is -3.80. The van der Waals surface area contributed by atoms with Crippen LogP contribution >= 0.6 is 11.6 Å². The third-order valence-corrected chi connectivity index (χ3v) is 7.93. The van der Waals surface area contributed by atoms with Crippen LogP contribution in [0.2, 0.25) is 5.02 Å². The molecule has 4 rings (SSSR count). The van der Waals surface area contributed by atoms with Gasteiger partial charge in [-0.25, -0.2) is 8.42 Å². The van der Waals surface area contributed by atoms with E-state index in [1.54, 1.807) is 6.07 Å². The summed E-state index contributed by atoms with van der Waals surface area (Å²) in [5.74, 6) is 0. The first kappa shape index (κ1) is 22.9. The van der Waals surface area contributed by atoms with Crippen molar-refractivity contribution in [3.05, 3.63) is 63.2 Å². The average molecular weight is 481 g/mol. The van der Waals surface area contributed by atoms with Gasteiger partial charge in [-0.1, -0.05) is 23.7 Å². The smallest absolute Gasteiger partial charge is 0.293 e. The van der Waals surface area contributed by atoms with E-state index in [0.717, 1.165) is 25.2 Å². The summed E-state index contributed by atoms with van der Waals surface area (Å²) in [4.78, 5) is 15.4. The first-order valence-electron chi connectivity index (χ1n) is 10.4. The minimum Gasteiger partial charge on any atom is -0.379 e. The molecule has 2 aromatic rings. The van der Waals surface area contributed by atoms with E-state index in [0.29, 0.717) is 37.0 Å². The van der Waals surface area contributed by atoms with E-state index in [4.69, 9.17) is 16.3 Å². The molecule has 2 aliphatic heterocycles. The molecule has 2 aliphatic rings. The highest BCUT2D eigenvalue weighted by Crippen LogP contribution is 2.32. The molecule has 0 bridgehead atoms. The molecule has 11 heteroatoms. The first-order chi connectivity index (χ1) is 15.3. The number of anilines is 1. The molecule has 32 heavy (non-hydrogen) atoms. The number of halogens is 1. The number of nitro benzene ring substituents is 1. The number of piperazine rings is 1. The van der Waals surface area contributed by atoms with Crippen molar-refractivity contribution >= 4 is 33.0 Å². The number of ether oxygens (including phenoxy) is 1. The van der Waals surface area contributed by atoms with Crippen molar-refractivity contribution < 1.29 is 18.1 Å². The summed E-state index contributed by atoms with van der Waals surface area (Å²) in [5, 5.41) is 12.5. The quantitative estimate of drug-likeness (QED) is 0.463. The highest BCUT2D eigenvalue weighted by atomic mass is 35.5. The van der Waals surface area contributed by atoms with Gasteiger partial charge in [0.1, 0.15) is 5.69 Å². The van der Waals surface area contributed by atoms with Gasteiger partial charge in [-0.15, -0.1) is 0 Å². The maximum Gasteiger partial charge on any atom is 0.293 e. The van der Waals surface area contributed by atoms with Gasteiger partial charge in [-0.3, -0.25) is 15.0 Å². The lowest BCUT2D eigenvalue weighted by molar-refractivity contribution is -0.384. The van der Waals surface area contributed by atoms with Crippen molar-refractivity contribution in [3.8, 4) is 0 Å². The number of rotatable bonds is 6. The Morgan fingerprint density at radius 3 is 2.25 bits per heavy atom. The van der Waals surface area contributed by atoms with Gasteiger partial charge < -0.3 is 9.64 Å². The van der Waals surface area contributed by atoms with E-state index in [1.807, 2.05) is 29.2 Å². The number of hydrogen-bond acceptors (Lipinski definition) is 7. The second-order valence-electron chi connectivity index (χ2n) is 7.81. The van der Waals surface area contributed by atoms with Crippen molar-refractivity contribution in [2.24, 2.45) is 0 Å². The first-order valence-corrected chi connectivity index (χ1v) is 12.2. The zero-order valence-corrected chi connectivity index (χ0v) is 19.1. The van der Waals surface area contributed by atoms with E-state index in [-0.39, 0.29) is 23.7 Å². The molecule has 0 aliphatic carbocycles. The molecule has 2 aromatic carbocycles. The van der Waals surface area contributed by atoms with Crippen LogP contribution in [0.15, 0.2) is 47.4 Å². The van der Waals surface area contributed by atoms with Crippen LogP contribution in [-0.2, 0) is 21.3 Å². The Labute approximate surface area is 192 Å². The highest BCUT2D eigenvalue weighted by Gasteiger charge is 2.30. The van der Waals surface area contributed by atoms with Crippen LogP contribution in [0.5, 0.6) is 0 Å². The van der Waals surface area contributed by atoms with Gasteiger partial charge in [0, 0.05) is 56.9 Å². The fourth-order valence-corrected chi connectivity index (χ4v) is 5.56. The average Bonchev–Trinajstić information content (AvgIpc) is 2.81. The molecule has 0 spiro atoms. The molecular weight excluding hydrogens is 456 g/mol. The zero-order chi connectivity index (χ0) is 22.7. The number of hydrogen-bond donors (Lipinski definition) is 0. The molecule has 0 atom stereocenters. The van der Waals surface area contributed by atoms with Crippen LogP contribution in [0, 0.1) is 10.1 Å². The van der Waals surface area contributed by atoms with Gasteiger partial charge in [-0.05, 0) is 29.8 Å². The Hall–Kier alpha value is -2.24. The predicted octanol–water partition coefficient (Wildman–Crippen LogP) is 2.59. The van der Waals surface area contributed by atoms with Crippen LogP contribution in [0.3, 0.4) is 0 Å². The Morgan fingerprint density at radius 2 is 1.62 bits per heavy atom. The van der Waals surface area contributed by atoms with Gasteiger partial charge in [-0.2, -0.15) is 4.31 Å². The Kier molecular flexibility index (Phi) is 6.96. The maximum absolute atomic E-state index is 12.9. The number of benzene rings is 2. The molecule has 0 aromatic heterocycles. The van der Waals surface area contributed by atoms with Gasteiger partial charge >= 0.3 is 0 Å². The number of nitrogens with zero attached hydrogens (tertiary/aromatic N) is 4. The van der Waals surface area contributed by atoms with Crippen molar-refractivity contribution in [2.45, 2.75) is 11.4 Å². The number of sulfonamides is 1. The molecule has 2 heterocycles. The molecular formula is C21H25ClN4O5S. The van der Waals surface area contributed by atoms with Gasteiger partial charge in [0.15, 0.2) is 0 Å². The standard InChI is InChI=1S/C21H25ClN4O5S/c22-18-3-1-17(2-4-18)16-23-7-9-24(10-8-23)20-6-5-19(15-21(20)26(27)28)32(29,30)25-11-13-31-14-12-25/h1-6,15H,7-14,16H2. The minimum atomic E-state index is -3.80. The molecule has 172 valence electrons. The van der Waals surface area contributed by atoms with Crippen LogP contribution in [0.4, 0.5) is 11.4 Å². The molecule has 0 unspecified atom stereocenters. The van der Waals surface area contributed by atoms with E-state index in [2.05, 4.69) is 4.90 Å². The van der Waals surface area contributed by atoms with E-state index in [1.165, 1.54) is 16.4 Å². The summed E-state index contributed by atoms with van der Waals surface area (Å²) in [6.45, 7) is 4.62. The Morgan fingerprint density at radius 1 is 0.969 bits per heavy atom. The molecule has 0 amide bonds. The maximum atomic E-state index is 12.9. The molecule has 0 radical (unpaired) electrons. The fourth-order valence-electron chi connectivity index (χ4n) is 4.01. The van der Waals surface area contributed by atoms with Crippen molar-refractivity contribution in [1.29, 1.82) is 0 Å². The van der Waals surface area contributed by atoms with E-state index < -0.39 is 14.9 Å². The number of nitro groups is 1. The summed E-state index contributed by atoms with van der Waals surface area (Å²) in [6, 6.07) is 11.9. The van der Waals surface area contributed by atoms with Gasteiger partial charge in [0.2, 0.25) is 10.0 Å². The largest absolute Gasteiger partial charge is 0.379 e. The number of morpholine rings is 1. The second-order valence-corrected chi connectivity index (χ2v) is 10.2. The topological polar surface area (TPSA) is 96.2 Å². The zero-order valence-electron chi connectivity index (χ0n) is 17.5. The van der Waals surface area contributed by atoms with Crippen molar-refractivity contribution in [2.75, 3.05) is 57.4 Å². The fraction of sp³-hybridized carbons (Fsp3) is 0.429. The SMILES string of the molecule is O=[N+]([O-])c1cc(S(=O)(=O)N2CCOCC2)ccc1N1CCN(Cc2ccc(Cl)cc2)CC1. The van der Waals surface area contributed by atoms with Crippen LogP contribution in [0.25, 0.3) is 0 Å². The molecule has 0 N–H and O–H groups in total. The predicted molar refractivity (Wildman–Crippen MR) is 122 cm³/mol. The molecule has 0 saturated carbocycles. The molecule has 2 fully saturated rings. The lowest BCUT2D eigenvalue weighted by atomic mass is 10.2. The van der Waals surface area contributed by atoms with E-state index in [9.17, 15) is 18.5 Å². The molecule has 2 saturated heterocycles. The monoisotopic (exact) mass is 480 g/mol. The van der Waals surface area contributed by atoms with Crippen molar-refractivity contribution in [1.82, 2.24) is 9.21 Å². The normalized spacial score (nSPS) is 18.6. The summed E-state index contributed by atoms with van der Waals surface area (Å²) < 4.78 is 32.3. The third kappa shape index (κ3) is 5.05. The van der Waals surface area contributed by atoms with Crippen LogP contribution in [-0.4, -0.2) is 75.0 Å². The summed E-state index contributed by atoms with van der Waals surface area (Å²) in [5.41, 5.74) is 1.42. The minimum absolute atomic E-state index is 0.0591. The van der Waals surface area contributed by atoms with Gasteiger partial charge in [0.05, 0.1) is 23.0 Å². The lowest BCUT2D eigenvalue weighted by Gasteiger charge is -2.36. The highest BCUT2D eigenvalue weighted by molar-refractivity contribution is 7.89. The Balaban J connectivity index is 1.48. The van der Waals surface area contributed by atoms with Gasteiger partial charge in [0.25, 0.3) is 5.69 Å². The third-order valence-electron chi connectivity index (χ3n) is 5.78. The second kappa shape index (κ2) is 9.72. The molecule has 9 nitrogen and oxygen atoms in total. The van der Waals surface area contributed by atoms with Crippen LogP contribution < -0.4 is 4.90 Å². The summed E-state index contributed by atoms with van der Waals surface area (Å²) in [6.07, 6.45) is 0. The summed E-state index contributed by atoms with van der Waals surface area (Å²) >= 11 is 5.94. The van der Waals surface area contributed by atoms with E-state index >= 15 is 0 Å². The lowest BCUT2D eigenvalue weighted by Crippen LogP contribution is -2.46. The van der Waals surface area contributed by atoms with Crippen LogP contribution in [0.1, 0.15) is 5.56 Å². The Bertz CT molecular complexity index is 1070.